The molecule has 2 rings (SSSR count). The van der Waals surface area contributed by atoms with Crippen LogP contribution in [0.3, 0.4) is 0 Å². The fraction of sp³-hybridized carbons (Fsp3) is 0.684. The van der Waals surface area contributed by atoms with E-state index in [2.05, 4.69) is 19.9 Å². The van der Waals surface area contributed by atoms with Crippen LogP contribution in [0, 0.1) is 12.3 Å². The van der Waals surface area contributed by atoms with Gasteiger partial charge in [0.2, 0.25) is 0 Å². The molecule has 3 heteroatoms. The Bertz CT molecular complexity index is 594. The number of hydrogen-bond acceptors (Lipinski definition) is 2. The van der Waals surface area contributed by atoms with Gasteiger partial charge in [-0.3, -0.25) is 0 Å². The van der Waals surface area contributed by atoms with E-state index in [9.17, 15) is 8.42 Å². The van der Waals surface area contributed by atoms with Crippen LogP contribution in [0.2, 0.25) is 0 Å². The molecule has 22 heavy (non-hydrogen) atoms. The molecular weight excluding hydrogens is 292 g/mol. The normalized spacial score (nSPS) is 19.4. The average molecular weight is 323 g/mol. The quantitative estimate of drug-likeness (QED) is 0.731. The van der Waals surface area contributed by atoms with Crippen LogP contribution in [0.5, 0.6) is 0 Å². The zero-order valence-electron chi connectivity index (χ0n) is 14.3. The van der Waals surface area contributed by atoms with Crippen molar-refractivity contribution >= 4 is 9.84 Å². The van der Waals surface area contributed by atoms with Gasteiger partial charge in [-0.15, -0.1) is 0 Å². The minimum Gasteiger partial charge on any atom is -0.224 e. The van der Waals surface area contributed by atoms with E-state index in [1.165, 1.54) is 0 Å². The number of aryl methyl sites for hydroxylation is 2. The van der Waals surface area contributed by atoms with E-state index < -0.39 is 9.84 Å². The third-order valence-corrected chi connectivity index (χ3v) is 7.15. The summed E-state index contributed by atoms with van der Waals surface area (Å²) in [6.45, 7) is 6.42. The van der Waals surface area contributed by atoms with Crippen molar-refractivity contribution in [2.24, 2.45) is 5.41 Å². The zero-order chi connectivity index (χ0) is 16.2. The molecule has 0 atom stereocenters. The standard InChI is InChI=1S/C19H30O2S/c1-4-6-11-19(12-7-5-2)13-10-17-14-16(3)8-9-18(17)22(20,21)15-19/h8-9,14H,4-7,10-13,15H2,1-3H3. The zero-order valence-corrected chi connectivity index (χ0v) is 15.1. The highest BCUT2D eigenvalue weighted by Gasteiger charge is 2.38. The lowest BCUT2D eigenvalue weighted by atomic mass is 9.75. The highest BCUT2D eigenvalue weighted by molar-refractivity contribution is 7.91. The minimum atomic E-state index is -3.16. The monoisotopic (exact) mass is 322 g/mol. The molecule has 124 valence electrons. The van der Waals surface area contributed by atoms with Crippen LogP contribution in [0.1, 0.15) is 69.9 Å². The fourth-order valence-electron chi connectivity index (χ4n) is 3.78. The summed E-state index contributed by atoms with van der Waals surface area (Å²) in [5, 5.41) is 0. The van der Waals surface area contributed by atoms with Gasteiger partial charge in [-0.2, -0.15) is 0 Å². The molecule has 1 aliphatic rings. The van der Waals surface area contributed by atoms with Gasteiger partial charge in [0.1, 0.15) is 0 Å². The van der Waals surface area contributed by atoms with Crippen LogP contribution < -0.4 is 0 Å². The Kier molecular flexibility index (Phi) is 5.70. The third-order valence-electron chi connectivity index (χ3n) is 5.09. The highest BCUT2D eigenvalue weighted by Crippen LogP contribution is 2.42. The van der Waals surface area contributed by atoms with Gasteiger partial charge in [0, 0.05) is 0 Å². The van der Waals surface area contributed by atoms with Crippen LogP contribution in [0.15, 0.2) is 23.1 Å². The molecule has 1 aliphatic heterocycles. The van der Waals surface area contributed by atoms with E-state index in [1.807, 2.05) is 19.1 Å². The van der Waals surface area contributed by atoms with Crippen LogP contribution in [-0.4, -0.2) is 14.2 Å². The van der Waals surface area contributed by atoms with Gasteiger partial charge in [-0.1, -0.05) is 57.2 Å². The Morgan fingerprint density at radius 1 is 1.09 bits per heavy atom. The molecule has 2 nitrogen and oxygen atoms in total. The van der Waals surface area contributed by atoms with Crippen molar-refractivity contribution in [2.75, 3.05) is 5.75 Å². The van der Waals surface area contributed by atoms with Crippen molar-refractivity contribution in [1.82, 2.24) is 0 Å². The Morgan fingerprint density at radius 3 is 2.32 bits per heavy atom. The van der Waals surface area contributed by atoms with E-state index in [0.717, 1.165) is 62.5 Å². The lowest BCUT2D eigenvalue weighted by Gasteiger charge is -2.32. The molecule has 0 unspecified atom stereocenters. The van der Waals surface area contributed by atoms with Gasteiger partial charge >= 0.3 is 0 Å². The van der Waals surface area contributed by atoms with E-state index in [4.69, 9.17) is 0 Å². The SMILES string of the molecule is CCCCC1(CCCC)CCc2cc(C)ccc2S(=O)(=O)C1. The third kappa shape index (κ3) is 3.92. The van der Waals surface area contributed by atoms with E-state index in [-0.39, 0.29) is 5.41 Å². The molecule has 0 bridgehead atoms. The lowest BCUT2D eigenvalue weighted by Crippen LogP contribution is -2.29. The molecule has 0 spiro atoms. The van der Waals surface area contributed by atoms with Crippen LogP contribution >= 0.6 is 0 Å². The number of hydrogen-bond donors (Lipinski definition) is 0. The maximum Gasteiger partial charge on any atom is 0.179 e. The number of benzene rings is 1. The molecule has 0 amide bonds. The van der Waals surface area contributed by atoms with Crippen LogP contribution in [0.4, 0.5) is 0 Å². The maximum absolute atomic E-state index is 12.9. The second kappa shape index (κ2) is 7.16. The molecule has 1 heterocycles. The smallest absolute Gasteiger partial charge is 0.179 e. The van der Waals surface area contributed by atoms with Crippen molar-refractivity contribution in [3.63, 3.8) is 0 Å². The second-order valence-corrected chi connectivity index (χ2v) is 9.04. The predicted octanol–water partition coefficient (Wildman–Crippen LogP) is 5.08. The number of rotatable bonds is 6. The number of unbranched alkanes of at least 4 members (excludes halogenated alkanes) is 2. The predicted molar refractivity (Wildman–Crippen MR) is 93.0 cm³/mol. The van der Waals surface area contributed by atoms with Crippen molar-refractivity contribution in [2.45, 2.75) is 77.0 Å². The van der Waals surface area contributed by atoms with Crippen molar-refractivity contribution in [3.05, 3.63) is 29.3 Å². The number of sulfone groups is 1. The van der Waals surface area contributed by atoms with Crippen molar-refractivity contribution < 1.29 is 8.42 Å². The van der Waals surface area contributed by atoms with Gasteiger partial charge in [-0.25, -0.2) is 8.42 Å². The largest absolute Gasteiger partial charge is 0.224 e. The Labute approximate surface area is 136 Å². The molecule has 1 aromatic rings. The van der Waals surface area contributed by atoms with Gasteiger partial charge in [0.25, 0.3) is 0 Å². The summed E-state index contributed by atoms with van der Waals surface area (Å²) in [7, 11) is -3.16. The maximum atomic E-state index is 12.9. The minimum absolute atomic E-state index is 0.0161. The molecule has 0 N–H and O–H groups in total. The summed E-state index contributed by atoms with van der Waals surface area (Å²) in [5.74, 6) is 0.343. The Hall–Kier alpha value is -0.830. The van der Waals surface area contributed by atoms with E-state index in [1.54, 1.807) is 0 Å². The molecule has 0 aliphatic carbocycles. The molecular formula is C19H30O2S. The Balaban J connectivity index is 2.37. The molecule has 0 radical (unpaired) electrons. The molecule has 0 saturated heterocycles. The summed E-state index contributed by atoms with van der Waals surface area (Å²) < 4.78 is 25.9. The first-order valence-corrected chi connectivity index (χ1v) is 10.4. The van der Waals surface area contributed by atoms with Crippen LogP contribution in [-0.2, 0) is 16.3 Å². The van der Waals surface area contributed by atoms with Gasteiger partial charge in [0.15, 0.2) is 9.84 Å². The molecule has 0 fully saturated rings. The van der Waals surface area contributed by atoms with Gasteiger partial charge in [0.05, 0.1) is 10.6 Å². The van der Waals surface area contributed by atoms with E-state index >= 15 is 0 Å². The van der Waals surface area contributed by atoms with Crippen molar-refractivity contribution in [3.8, 4) is 0 Å². The number of fused-ring (bicyclic) bond motifs is 1. The summed E-state index contributed by atoms with van der Waals surface area (Å²) in [6.07, 6.45) is 8.57. The summed E-state index contributed by atoms with van der Waals surface area (Å²) in [4.78, 5) is 0.591. The lowest BCUT2D eigenvalue weighted by molar-refractivity contribution is 0.241. The van der Waals surface area contributed by atoms with Crippen LogP contribution in [0.25, 0.3) is 0 Å². The first-order valence-electron chi connectivity index (χ1n) is 8.75. The summed E-state index contributed by atoms with van der Waals surface area (Å²) >= 11 is 0. The first-order chi connectivity index (χ1) is 10.4. The fourth-order valence-corrected chi connectivity index (χ4v) is 6.01. The van der Waals surface area contributed by atoms with Crippen molar-refractivity contribution in [1.29, 1.82) is 0 Å². The molecule has 1 aromatic carbocycles. The summed E-state index contributed by atoms with van der Waals surface area (Å²) in [5.41, 5.74) is 2.18. The topological polar surface area (TPSA) is 34.1 Å². The van der Waals surface area contributed by atoms with Gasteiger partial charge < -0.3 is 0 Å². The molecule has 0 saturated carbocycles. The molecule has 0 aromatic heterocycles. The Morgan fingerprint density at radius 2 is 1.73 bits per heavy atom. The first kappa shape index (κ1) is 17.5. The van der Waals surface area contributed by atoms with E-state index in [0.29, 0.717) is 10.6 Å². The highest BCUT2D eigenvalue weighted by atomic mass is 32.2. The van der Waals surface area contributed by atoms with Gasteiger partial charge in [-0.05, 0) is 49.7 Å². The summed E-state index contributed by atoms with van der Waals surface area (Å²) in [6, 6.07) is 5.83. The average Bonchev–Trinajstić information content (AvgIpc) is 2.58. The second-order valence-electron chi connectivity index (χ2n) is 7.08.